The van der Waals surface area contributed by atoms with Gasteiger partial charge in [-0.15, -0.1) is 0 Å². The number of nitro benzene ring substituents is 1. The average molecular weight is 489 g/mol. The predicted molar refractivity (Wildman–Crippen MR) is 124 cm³/mol. The second-order valence-electron chi connectivity index (χ2n) is 7.98. The van der Waals surface area contributed by atoms with Crippen molar-refractivity contribution in [3.8, 4) is 5.75 Å². The number of likely N-dealkylation sites (N-methyl/N-ethyl adjacent to an activating group) is 1. The maximum absolute atomic E-state index is 12.6. The summed E-state index contributed by atoms with van der Waals surface area (Å²) in [6.45, 7) is 2.70. The number of fused-ring (bicyclic) bond motifs is 1. The Labute approximate surface area is 200 Å². The predicted octanol–water partition coefficient (Wildman–Crippen LogP) is 0.219. The Kier molecular flexibility index (Phi) is 8.02. The fourth-order valence-corrected chi connectivity index (χ4v) is 3.82. The zero-order valence-electron chi connectivity index (χ0n) is 19.7. The highest BCUT2D eigenvalue weighted by Crippen LogP contribution is 2.27. The van der Waals surface area contributed by atoms with Crippen molar-refractivity contribution in [2.75, 3.05) is 24.5 Å². The number of anilines is 1. The summed E-state index contributed by atoms with van der Waals surface area (Å²) in [6, 6.07) is 6.40. The van der Waals surface area contributed by atoms with Gasteiger partial charge in [0, 0.05) is 32.8 Å². The van der Waals surface area contributed by atoms with Crippen molar-refractivity contribution in [1.29, 1.82) is 0 Å². The summed E-state index contributed by atoms with van der Waals surface area (Å²) in [4.78, 5) is 61.2. The Bertz CT molecular complexity index is 1230. The first-order valence-corrected chi connectivity index (χ1v) is 11.1. The minimum Gasteiger partial charge on any atom is -0.432 e. The van der Waals surface area contributed by atoms with Crippen molar-refractivity contribution in [3.63, 3.8) is 0 Å². The Balaban J connectivity index is 1.67. The summed E-state index contributed by atoms with van der Waals surface area (Å²) < 4.78 is 12.3. The van der Waals surface area contributed by atoms with Crippen molar-refractivity contribution < 1.29 is 24.0 Å². The Morgan fingerprint density at radius 2 is 1.71 bits per heavy atom. The Morgan fingerprint density at radius 1 is 1.03 bits per heavy atom. The van der Waals surface area contributed by atoms with Gasteiger partial charge >= 0.3 is 23.2 Å². The molecule has 0 saturated heterocycles. The van der Waals surface area contributed by atoms with Gasteiger partial charge in [0.2, 0.25) is 5.75 Å². The lowest BCUT2D eigenvalue weighted by molar-refractivity contribution is -0.384. The number of non-ortho nitro benzene ring substituents is 1. The summed E-state index contributed by atoms with van der Waals surface area (Å²) >= 11 is 0. The molecule has 1 aliphatic heterocycles. The van der Waals surface area contributed by atoms with Crippen LogP contribution in [0.4, 0.5) is 11.5 Å². The van der Waals surface area contributed by atoms with Gasteiger partial charge in [0.25, 0.3) is 5.69 Å². The molecule has 0 aliphatic carbocycles. The topological polar surface area (TPSA) is 155 Å². The number of rotatable bonds is 9. The number of carbonyl (C=O) groups excluding carboxylic acids is 2. The van der Waals surface area contributed by atoms with Crippen molar-refractivity contribution in [2.45, 2.75) is 32.4 Å². The maximum Gasteiger partial charge on any atom is 0.423 e. The van der Waals surface area contributed by atoms with Gasteiger partial charge in [0.1, 0.15) is 0 Å². The van der Waals surface area contributed by atoms with Gasteiger partial charge in [0.15, 0.2) is 12.0 Å². The van der Waals surface area contributed by atoms with Crippen molar-refractivity contribution in [3.05, 3.63) is 60.8 Å². The van der Waals surface area contributed by atoms with Crippen LogP contribution in [0.2, 0.25) is 0 Å². The molecule has 0 amide bonds. The van der Waals surface area contributed by atoms with Gasteiger partial charge < -0.3 is 19.7 Å². The van der Waals surface area contributed by atoms with Gasteiger partial charge in [-0.1, -0.05) is 12.1 Å². The number of cyclic esters (lactones) is 1. The summed E-state index contributed by atoms with van der Waals surface area (Å²) in [5, 5.41) is 13.9. The van der Waals surface area contributed by atoms with E-state index in [9.17, 15) is 29.3 Å². The van der Waals surface area contributed by atoms with Crippen LogP contribution in [0.15, 0.2) is 33.9 Å². The van der Waals surface area contributed by atoms with Crippen LogP contribution in [0.25, 0.3) is 0 Å². The number of hydrogen-bond donors (Lipinski definition) is 1. The van der Waals surface area contributed by atoms with E-state index >= 15 is 0 Å². The molecule has 0 spiro atoms. The lowest BCUT2D eigenvalue weighted by Crippen LogP contribution is -2.52. The maximum atomic E-state index is 12.6. The van der Waals surface area contributed by atoms with E-state index in [0.717, 1.165) is 29.4 Å². The summed E-state index contributed by atoms with van der Waals surface area (Å²) in [5.41, 5.74) is -0.416. The molecule has 1 unspecified atom stereocenters. The molecular formula is C22H27N5O8. The van der Waals surface area contributed by atoms with E-state index < -0.39 is 40.1 Å². The second kappa shape index (κ2) is 11.0. The van der Waals surface area contributed by atoms with E-state index in [0.29, 0.717) is 6.54 Å². The number of nitrogens with one attached hydrogen (secondary N) is 1. The highest BCUT2D eigenvalue weighted by atomic mass is 16.6. The molecule has 0 fully saturated rings. The number of nitrogens with zero attached hydrogens (tertiary/aromatic N) is 4. The summed E-state index contributed by atoms with van der Waals surface area (Å²) in [6.07, 6.45) is 1.35. The summed E-state index contributed by atoms with van der Waals surface area (Å²) in [5.74, 6) is -2.95. The molecule has 2 aromatic rings. The lowest BCUT2D eigenvalue weighted by Gasteiger charge is -2.35. The molecular weight excluding hydrogens is 462 g/mol. The molecule has 35 heavy (non-hydrogen) atoms. The molecule has 188 valence electrons. The fraction of sp³-hybridized carbons (Fsp3) is 0.455. The van der Waals surface area contributed by atoms with Crippen LogP contribution in [0, 0.1) is 10.1 Å². The standard InChI is InChI=1S/C22H27N5O8/c1-4-26-16(13-23-12-6-5-7-14-8-10-15(11-9-14)27(32)33)34-20(29)21(30)35-17-18(26)24(2)22(31)25(3)19(17)28/h8-11,16,23H,4-7,12-13H2,1-3H3. The minimum atomic E-state index is -1.34. The fourth-order valence-electron chi connectivity index (χ4n) is 3.82. The molecule has 1 N–H and O–H groups in total. The van der Waals surface area contributed by atoms with Gasteiger partial charge in [0.05, 0.1) is 11.5 Å². The van der Waals surface area contributed by atoms with Gasteiger partial charge in [-0.05, 0) is 38.3 Å². The first-order valence-electron chi connectivity index (χ1n) is 11.1. The van der Waals surface area contributed by atoms with Crippen molar-refractivity contribution in [1.82, 2.24) is 14.5 Å². The molecule has 13 nitrogen and oxygen atoms in total. The van der Waals surface area contributed by atoms with Crippen LogP contribution in [-0.2, 0) is 34.8 Å². The highest BCUT2D eigenvalue weighted by molar-refractivity contribution is 6.30. The lowest BCUT2D eigenvalue weighted by atomic mass is 10.1. The average Bonchev–Trinajstić information content (AvgIpc) is 2.84. The molecule has 0 saturated carbocycles. The number of nitro groups is 1. The van der Waals surface area contributed by atoms with Crippen LogP contribution in [-0.4, -0.2) is 51.9 Å². The summed E-state index contributed by atoms with van der Waals surface area (Å²) in [7, 11) is 2.69. The molecule has 1 aliphatic rings. The molecule has 1 aromatic heterocycles. The number of aromatic nitrogens is 2. The van der Waals surface area contributed by atoms with E-state index in [2.05, 4.69) is 5.32 Å². The third kappa shape index (κ3) is 5.57. The van der Waals surface area contributed by atoms with E-state index in [1.54, 1.807) is 19.1 Å². The number of benzene rings is 1. The highest BCUT2D eigenvalue weighted by Gasteiger charge is 2.36. The molecule has 0 bridgehead atoms. The number of aryl methyl sites for hydroxylation is 1. The molecule has 13 heteroatoms. The van der Waals surface area contributed by atoms with Crippen LogP contribution in [0.1, 0.15) is 25.3 Å². The number of hydrogen-bond acceptors (Lipinski definition) is 10. The van der Waals surface area contributed by atoms with Gasteiger partial charge in [-0.2, -0.15) is 0 Å². The van der Waals surface area contributed by atoms with Crippen LogP contribution in [0.5, 0.6) is 5.75 Å². The number of ether oxygens (including phenoxy) is 2. The number of unbranched alkanes of at least 4 members (excludes halogenated alkanes) is 1. The molecule has 1 atom stereocenters. The number of esters is 2. The molecule has 2 heterocycles. The van der Waals surface area contributed by atoms with Crippen molar-refractivity contribution >= 4 is 23.4 Å². The SMILES string of the molecule is CCN1c2c(c(=O)n(C)c(=O)n2C)OC(=O)C(=O)OC1CNCCCCc1ccc([N+](=O)[O-])cc1. The largest absolute Gasteiger partial charge is 0.432 e. The second-order valence-corrected chi connectivity index (χ2v) is 7.98. The van der Waals surface area contributed by atoms with E-state index in [4.69, 9.17) is 9.47 Å². The van der Waals surface area contributed by atoms with E-state index in [1.165, 1.54) is 35.7 Å². The quantitative estimate of drug-likeness (QED) is 0.170. The van der Waals surface area contributed by atoms with Crippen LogP contribution >= 0.6 is 0 Å². The zero-order valence-corrected chi connectivity index (χ0v) is 19.7. The van der Waals surface area contributed by atoms with Crippen LogP contribution in [0.3, 0.4) is 0 Å². The normalized spacial score (nSPS) is 15.6. The third-order valence-electron chi connectivity index (χ3n) is 5.69. The first-order chi connectivity index (χ1) is 16.6. The molecule has 3 rings (SSSR count). The number of carbonyl (C=O) groups is 2. The first kappa shape index (κ1) is 25.6. The van der Waals surface area contributed by atoms with Crippen molar-refractivity contribution in [2.24, 2.45) is 14.1 Å². The Hall–Kier alpha value is -4.00. The third-order valence-corrected chi connectivity index (χ3v) is 5.69. The van der Waals surface area contributed by atoms with Crippen LogP contribution < -0.4 is 26.2 Å². The minimum absolute atomic E-state index is 0.0467. The monoisotopic (exact) mass is 489 g/mol. The molecule has 1 aromatic carbocycles. The van der Waals surface area contributed by atoms with Gasteiger partial charge in [-0.3, -0.25) is 24.0 Å². The van der Waals surface area contributed by atoms with E-state index in [-0.39, 0.29) is 24.6 Å². The zero-order chi connectivity index (χ0) is 25.7. The molecule has 0 radical (unpaired) electrons. The smallest absolute Gasteiger partial charge is 0.423 e. The Morgan fingerprint density at radius 3 is 2.34 bits per heavy atom. The van der Waals surface area contributed by atoms with E-state index in [1.807, 2.05) is 0 Å². The van der Waals surface area contributed by atoms with Gasteiger partial charge in [-0.25, -0.2) is 14.4 Å².